The van der Waals surface area contributed by atoms with Gasteiger partial charge in [0.25, 0.3) is 0 Å². The minimum absolute atomic E-state index is 0.375. The second-order valence-electron chi connectivity index (χ2n) is 3.57. The number of carbonyl (C=O) groups is 1. The number of nitrogens with one attached hydrogen (secondary N) is 1. The van der Waals surface area contributed by atoms with Crippen molar-refractivity contribution in [2.24, 2.45) is 0 Å². The van der Waals surface area contributed by atoms with Gasteiger partial charge in [-0.05, 0) is 18.6 Å². The molecule has 1 aromatic heterocycles. The smallest absolute Gasteiger partial charge is 0.407 e. The van der Waals surface area contributed by atoms with Gasteiger partial charge in [0.1, 0.15) is 0 Å². The second-order valence-corrected chi connectivity index (χ2v) is 3.57. The molecular formula is C13H14N2O2. The molecule has 88 valence electrons. The third kappa shape index (κ3) is 2.72. The Morgan fingerprint density at radius 3 is 3.00 bits per heavy atom. The fraction of sp³-hybridized carbons (Fsp3) is 0.231. The highest BCUT2D eigenvalue weighted by Gasteiger charge is 2.04. The molecule has 4 heteroatoms. The van der Waals surface area contributed by atoms with Crippen molar-refractivity contribution < 1.29 is 9.53 Å². The number of amides is 1. The van der Waals surface area contributed by atoms with Crippen LogP contribution in [0.2, 0.25) is 0 Å². The molecule has 2 rings (SSSR count). The molecule has 0 atom stereocenters. The Labute approximate surface area is 99.6 Å². The maximum atomic E-state index is 11.2. The number of ether oxygens (including phenoxy) is 1. The summed E-state index contributed by atoms with van der Waals surface area (Å²) in [5.41, 5.74) is 1.89. The molecule has 1 N–H and O–H groups in total. The number of pyridine rings is 1. The zero-order valence-electron chi connectivity index (χ0n) is 9.64. The number of aromatic nitrogens is 1. The van der Waals surface area contributed by atoms with Crippen LogP contribution in [-0.2, 0) is 11.3 Å². The number of fused-ring (bicyclic) bond motifs is 1. The van der Waals surface area contributed by atoms with E-state index >= 15 is 0 Å². The van der Waals surface area contributed by atoms with E-state index in [0.717, 1.165) is 16.5 Å². The average Bonchev–Trinajstić information content (AvgIpc) is 2.36. The van der Waals surface area contributed by atoms with E-state index in [9.17, 15) is 4.79 Å². The van der Waals surface area contributed by atoms with E-state index in [1.807, 2.05) is 30.3 Å². The van der Waals surface area contributed by atoms with Crippen LogP contribution in [0.25, 0.3) is 10.9 Å². The van der Waals surface area contributed by atoms with Crippen molar-refractivity contribution in [3.05, 3.63) is 42.1 Å². The Bertz CT molecular complexity index is 520. The first-order valence-corrected chi connectivity index (χ1v) is 5.54. The summed E-state index contributed by atoms with van der Waals surface area (Å²) in [5.74, 6) is 0. The van der Waals surface area contributed by atoms with E-state index < -0.39 is 6.09 Å². The van der Waals surface area contributed by atoms with Crippen molar-refractivity contribution >= 4 is 17.0 Å². The van der Waals surface area contributed by atoms with Gasteiger partial charge in [-0.2, -0.15) is 0 Å². The van der Waals surface area contributed by atoms with Gasteiger partial charge < -0.3 is 10.1 Å². The molecule has 0 bridgehead atoms. The molecule has 0 unspecified atom stereocenters. The monoisotopic (exact) mass is 230 g/mol. The molecular weight excluding hydrogens is 216 g/mol. The van der Waals surface area contributed by atoms with Gasteiger partial charge >= 0.3 is 6.09 Å². The number of benzene rings is 1. The maximum Gasteiger partial charge on any atom is 0.407 e. The zero-order valence-corrected chi connectivity index (χ0v) is 9.64. The Kier molecular flexibility index (Phi) is 3.55. The second kappa shape index (κ2) is 5.30. The van der Waals surface area contributed by atoms with Gasteiger partial charge in [-0.15, -0.1) is 0 Å². The summed E-state index contributed by atoms with van der Waals surface area (Å²) in [7, 11) is 0. The van der Waals surface area contributed by atoms with Crippen LogP contribution in [0, 0.1) is 0 Å². The van der Waals surface area contributed by atoms with Gasteiger partial charge in [-0.1, -0.05) is 24.3 Å². The molecule has 0 saturated carbocycles. The van der Waals surface area contributed by atoms with Crippen molar-refractivity contribution in [3.63, 3.8) is 0 Å². The summed E-state index contributed by atoms with van der Waals surface area (Å²) >= 11 is 0. The number of nitrogens with zero attached hydrogens (tertiary/aromatic N) is 1. The topological polar surface area (TPSA) is 51.2 Å². The van der Waals surface area contributed by atoms with Crippen molar-refractivity contribution in [3.8, 4) is 0 Å². The van der Waals surface area contributed by atoms with Crippen LogP contribution >= 0.6 is 0 Å². The lowest BCUT2D eigenvalue weighted by molar-refractivity contribution is 0.151. The minimum Gasteiger partial charge on any atom is -0.450 e. The van der Waals surface area contributed by atoms with E-state index in [-0.39, 0.29) is 0 Å². The highest BCUT2D eigenvalue weighted by molar-refractivity contribution is 5.81. The standard InChI is InChI=1S/C13H14N2O2/c1-2-17-13(16)15-9-11-6-3-5-10-7-4-8-14-12(10)11/h3-8H,2,9H2,1H3,(H,15,16). The summed E-state index contributed by atoms with van der Waals surface area (Å²) < 4.78 is 4.81. The SMILES string of the molecule is CCOC(=O)NCc1cccc2cccnc12. The zero-order chi connectivity index (χ0) is 12.1. The number of para-hydroxylation sites is 1. The van der Waals surface area contributed by atoms with Crippen LogP contribution < -0.4 is 5.32 Å². The summed E-state index contributed by atoms with van der Waals surface area (Å²) in [6, 6.07) is 9.78. The number of carbonyl (C=O) groups excluding carboxylic acids is 1. The quantitative estimate of drug-likeness (QED) is 0.881. The molecule has 0 radical (unpaired) electrons. The molecule has 0 saturated heterocycles. The summed E-state index contributed by atoms with van der Waals surface area (Å²) in [4.78, 5) is 15.5. The Morgan fingerprint density at radius 2 is 2.18 bits per heavy atom. The van der Waals surface area contributed by atoms with Crippen LogP contribution in [0.5, 0.6) is 0 Å². The van der Waals surface area contributed by atoms with Gasteiger partial charge in [-0.25, -0.2) is 4.79 Å². The maximum absolute atomic E-state index is 11.2. The molecule has 0 fully saturated rings. The average molecular weight is 230 g/mol. The van der Waals surface area contributed by atoms with Gasteiger partial charge in [0, 0.05) is 18.1 Å². The van der Waals surface area contributed by atoms with E-state index in [4.69, 9.17) is 4.74 Å². The third-order valence-corrected chi connectivity index (χ3v) is 2.41. The third-order valence-electron chi connectivity index (χ3n) is 2.41. The summed E-state index contributed by atoms with van der Waals surface area (Å²) in [5, 5.41) is 3.76. The van der Waals surface area contributed by atoms with Gasteiger partial charge in [0.2, 0.25) is 0 Å². The fourth-order valence-corrected chi connectivity index (χ4v) is 1.66. The molecule has 0 aliphatic carbocycles. The molecule has 4 nitrogen and oxygen atoms in total. The number of rotatable bonds is 3. The highest BCUT2D eigenvalue weighted by Crippen LogP contribution is 2.15. The van der Waals surface area contributed by atoms with E-state index in [1.165, 1.54) is 0 Å². The summed E-state index contributed by atoms with van der Waals surface area (Å²) in [6.45, 7) is 2.58. The number of hydrogen-bond donors (Lipinski definition) is 1. The lowest BCUT2D eigenvalue weighted by Crippen LogP contribution is -2.23. The van der Waals surface area contributed by atoms with Crippen molar-refractivity contribution in [2.45, 2.75) is 13.5 Å². The first-order valence-electron chi connectivity index (χ1n) is 5.54. The number of alkyl carbamates (subject to hydrolysis) is 1. The van der Waals surface area contributed by atoms with E-state index in [0.29, 0.717) is 13.2 Å². The van der Waals surface area contributed by atoms with Gasteiger partial charge in [-0.3, -0.25) is 4.98 Å². The van der Waals surface area contributed by atoms with Crippen LogP contribution in [0.1, 0.15) is 12.5 Å². The molecule has 1 heterocycles. The van der Waals surface area contributed by atoms with Crippen LogP contribution in [-0.4, -0.2) is 17.7 Å². The molecule has 0 aliphatic rings. The first kappa shape index (κ1) is 11.4. The largest absolute Gasteiger partial charge is 0.450 e. The Hall–Kier alpha value is -2.10. The van der Waals surface area contributed by atoms with Gasteiger partial charge in [0.05, 0.1) is 12.1 Å². The van der Waals surface area contributed by atoms with Crippen molar-refractivity contribution in [1.82, 2.24) is 10.3 Å². The minimum atomic E-state index is -0.402. The van der Waals surface area contributed by atoms with E-state index in [1.54, 1.807) is 13.1 Å². The van der Waals surface area contributed by atoms with E-state index in [2.05, 4.69) is 10.3 Å². The van der Waals surface area contributed by atoms with Crippen molar-refractivity contribution in [1.29, 1.82) is 0 Å². The molecule has 1 aromatic carbocycles. The lowest BCUT2D eigenvalue weighted by Gasteiger charge is -2.07. The van der Waals surface area contributed by atoms with Crippen molar-refractivity contribution in [2.75, 3.05) is 6.61 Å². The predicted octanol–water partition coefficient (Wildman–Crippen LogP) is 2.48. The Balaban J connectivity index is 2.16. The molecule has 2 aromatic rings. The predicted molar refractivity (Wildman–Crippen MR) is 65.6 cm³/mol. The lowest BCUT2D eigenvalue weighted by atomic mass is 10.1. The normalized spacial score (nSPS) is 10.2. The van der Waals surface area contributed by atoms with Gasteiger partial charge in [0.15, 0.2) is 0 Å². The first-order chi connectivity index (χ1) is 8.31. The molecule has 17 heavy (non-hydrogen) atoms. The van der Waals surface area contributed by atoms with Crippen LogP contribution in [0.4, 0.5) is 4.79 Å². The molecule has 0 aliphatic heterocycles. The number of hydrogen-bond acceptors (Lipinski definition) is 3. The molecule has 0 spiro atoms. The fourth-order valence-electron chi connectivity index (χ4n) is 1.66. The van der Waals surface area contributed by atoms with Crippen LogP contribution in [0.3, 0.4) is 0 Å². The highest BCUT2D eigenvalue weighted by atomic mass is 16.5. The summed E-state index contributed by atoms with van der Waals surface area (Å²) in [6.07, 6.45) is 1.34. The molecule has 1 amide bonds. The Morgan fingerprint density at radius 1 is 1.35 bits per heavy atom. The van der Waals surface area contributed by atoms with Crippen LogP contribution in [0.15, 0.2) is 36.5 Å².